The highest BCUT2D eigenvalue weighted by atomic mass is 16.7. The topological polar surface area (TPSA) is 168 Å². The summed E-state index contributed by atoms with van der Waals surface area (Å²) >= 11 is 0. The highest BCUT2D eigenvalue weighted by Crippen LogP contribution is 2.37. The molecule has 1 aromatic heterocycles. The average Bonchev–Trinajstić information content (AvgIpc) is 2.84. The van der Waals surface area contributed by atoms with Crippen LogP contribution in [0, 0.1) is 19.3 Å². The number of fused-ring (bicyclic) bond motifs is 1. The predicted octanol–water partition coefficient (Wildman–Crippen LogP) is 1.73. The van der Waals surface area contributed by atoms with Crippen LogP contribution in [-0.2, 0) is 23.9 Å². The number of hydrogen-bond acceptors (Lipinski definition) is 12. The molecule has 2 aromatic rings. The molecule has 3 N–H and O–H groups in total. The highest BCUT2D eigenvalue weighted by molar-refractivity contribution is 6.04. The summed E-state index contributed by atoms with van der Waals surface area (Å²) in [6.45, 7) is 6.23. The molecule has 4 atom stereocenters. The Morgan fingerprint density at radius 2 is 2.03 bits per heavy atom. The van der Waals surface area contributed by atoms with Crippen LogP contribution < -0.4 is 15.8 Å². The van der Waals surface area contributed by atoms with Crippen LogP contribution in [0.15, 0.2) is 26.5 Å². The minimum Gasteiger partial charge on any atom is -0.506 e. The molecule has 1 amide bonds. The number of aromatic hydroxyl groups is 1. The number of terminal acetylenes is 1. The SMILES string of the molecule is C#CCONC(=O)O[C@H]1[C@@H](O)[C@H](Oc2ccc3c(O)c(/C(C)=N/OC)c(=O)oc3c2C)OC(C)(C)[C@@H]1OC. The fourth-order valence-electron chi connectivity index (χ4n) is 4.21. The van der Waals surface area contributed by atoms with Gasteiger partial charge in [-0.15, -0.1) is 6.42 Å². The number of aryl methyl sites for hydroxylation is 1. The summed E-state index contributed by atoms with van der Waals surface area (Å²) in [6.07, 6.45) is -0.916. The van der Waals surface area contributed by atoms with Crippen LogP contribution in [0.1, 0.15) is 31.9 Å². The van der Waals surface area contributed by atoms with E-state index in [0.717, 1.165) is 0 Å². The lowest BCUT2D eigenvalue weighted by atomic mass is 9.89. The molecule has 0 saturated carbocycles. The number of ether oxygens (including phenoxy) is 4. The van der Waals surface area contributed by atoms with Gasteiger partial charge in [0.25, 0.3) is 0 Å². The van der Waals surface area contributed by atoms with Gasteiger partial charge in [-0.3, -0.25) is 4.84 Å². The van der Waals surface area contributed by atoms with E-state index in [1.165, 1.54) is 33.3 Å². The number of methoxy groups -OCH3 is 1. The predicted molar refractivity (Wildman–Crippen MR) is 133 cm³/mol. The second-order valence-corrected chi connectivity index (χ2v) is 8.86. The summed E-state index contributed by atoms with van der Waals surface area (Å²) in [4.78, 5) is 34.3. The zero-order valence-electron chi connectivity index (χ0n) is 21.8. The van der Waals surface area contributed by atoms with E-state index in [4.69, 9.17) is 34.6 Å². The fraction of sp³-hybridized carbons (Fsp3) is 0.480. The van der Waals surface area contributed by atoms with Crippen LogP contribution in [0.3, 0.4) is 0 Å². The average molecular weight is 535 g/mol. The van der Waals surface area contributed by atoms with Crippen molar-refractivity contribution in [3.8, 4) is 23.8 Å². The van der Waals surface area contributed by atoms with E-state index in [-0.39, 0.29) is 40.4 Å². The Labute approximate surface area is 218 Å². The van der Waals surface area contributed by atoms with Crippen LogP contribution in [0.25, 0.3) is 11.0 Å². The lowest BCUT2D eigenvalue weighted by Crippen LogP contribution is -2.65. The molecule has 13 nitrogen and oxygen atoms in total. The number of nitrogens with one attached hydrogen (secondary N) is 1. The minimum absolute atomic E-state index is 0.0520. The van der Waals surface area contributed by atoms with Crippen molar-refractivity contribution in [2.75, 3.05) is 20.8 Å². The summed E-state index contributed by atoms with van der Waals surface area (Å²) in [5.41, 5.74) is 0.464. The van der Waals surface area contributed by atoms with Gasteiger partial charge in [0, 0.05) is 12.7 Å². The molecule has 13 heteroatoms. The number of nitrogens with zero attached hydrogens (tertiary/aromatic N) is 1. The number of hydroxylamine groups is 1. The maximum absolute atomic E-state index is 12.6. The van der Waals surface area contributed by atoms with Gasteiger partial charge in [0.1, 0.15) is 42.5 Å². The molecule has 38 heavy (non-hydrogen) atoms. The van der Waals surface area contributed by atoms with E-state index in [1.54, 1.807) is 20.8 Å². The van der Waals surface area contributed by atoms with Crippen molar-refractivity contribution >= 4 is 22.8 Å². The van der Waals surface area contributed by atoms with E-state index >= 15 is 0 Å². The summed E-state index contributed by atoms with van der Waals surface area (Å²) in [5, 5.41) is 25.7. The first-order valence-electron chi connectivity index (χ1n) is 11.4. The monoisotopic (exact) mass is 534 g/mol. The number of aliphatic hydroxyl groups is 1. The number of rotatable bonds is 8. The molecule has 0 radical (unpaired) electrons. The summed E-state index contributed by atoms with van der Waals surface area (Å²) in [7, 11) is 2.69. The number of aliphatic hydroxyl groups excluding tert-OH is 1. The van der Waals surface area contributed by atoms with E-state index in [0.29, 0.717) is 5.56 Å². The van der Waals surface area contributed by atoms with Gasteiger partial charge in [-0.1, -0.05) is 11.1 Å². The maximum atomic E-state index is 12.6. The number of carbonyl (C=O) groups is 1. The quantitative estimate of drug-likeness (QED) is 0.148. The Bertz CT molecular complexity index is 1310. The van der Waals surface area contributed by atoms with Crippen LogP contribution in [0.2, 0.25) is 0 Å². The zero-order valence-corrected chi connectivity index (χ0v) is 21.8. The fourth-order valence-corrected chi connectivity index (χ4v) is 4.21. The van der Waals surface area contributed by atoms with Gasteiger partial charge in [0.2, 0.25) is 6.29 Å². The second kappa shape index (κ2) is 11.7. The van der Waals surface area contributed by atoms with Crippen molar-refractivity contribution in [3.05, 3.63) is 33.7 Å². The third kappa shape index (κ3) is 5.68. The third-order valence-electron chi connectivity index (χ3n) is 5.91. The van der Waals surface area contributed by atoms with Crippen molar-refractivity contribution in [3.63, 3.8) is 0 Å². The van der Waals surface area contributed by atoms with Gasteiger partial charge in [-0.25, -0.2) is 9.59 Å². The number of oxime groups is 1. The van der Waals surface area contributed by atoms with Crippen LogP contribution in [0.4, 0.5) is 4.79 Å². The molecule has 3 rings (SSSR count). The number of amides is 1. The van der Waals surface area contributed by atoms with Crippen LogP contribution in [-0.4, -0.2) is 73.0 Å². The minimum atomic E-state index is -1.52. The Morgan fingerprint density at radius 3 is 2.66 bits per heavy atom. The van der Waals surface area contributed by atoms with E-state index < -0.39 is 41.9 Å². The van der Waals surface area contributed by atoms with Crippen LogP contribution in [0.5, 0.6) is 11.5 Å². The van der Waals surface area contributed by atoms with Gasteiger partial charge in [0.15, 0.2) is 12.2 Å². The Balaban J connectivity index is 1.94. The summed E-state index contributed by atoms with van der Waals surface area (Å²) in [5.74, 6) is 2.01. The van der Waals surface area contributed by atoms with E-state index in [2.05, 4.69) is 15.9 Å². The summed E-state index contributed by atoms with van der Waals surface area (Å²) < 4.78 is 28.2. The molecule has 2 heterocycles. The largest absolute Gasteiger partial charge is 0.506 e. The maximum Gasteiger partial charge on any atom is 0.431 e. The molecule has 1 saturated heterocycles. The number of hydrogen-bond donors (Lipinski definition) is 3. The molecule has 0 bridgehead atoms. The van der Waals surface area contributed by atoms with E-state index in [9.17, 15) is 19.8 Å². The van der Waals surface area contributed by atoms with E-state index in [1.807, 2.05) is 5.48 Å². The Kier molecular flexibility index (Phi) is 8.85. The van der Waals surface area contributed by atoms with Crippen molar-refractivity contribution in [2.45, 2.75) is 57.9 Å². The first-order valence-corrected chi connectivity index (χ1v) is 11.4. The van der Waals surface area contributed by atoms with Crippen LogP contribution >= 0.6 is 0 Å². The lowest BCUT2D eigenvalue weighted by molar-refractivity contribution is -0.305. The smallest absolute Gasteiger partial charge is 0.431 e. The molecule has 1 aliphatic heterocycles. The molecular formula is C25H30N2O11. The molecule has 0 aliphatic carbocycles. The first-order chi connectivity index (χ1) is 18.0. The standard InChI is InChI=1S/C25H30N2O11/c1-8-11-34-27-24(31)37-20-18(29)23(38-25(4,5)21(20)32-6)35-15-10-9-14-17(28)16(13(3)26-33-7)22(30)36-19(14)12(15)2/h1,9-10,18,20-21,23,28-29H,11H2,2-7H3,(H,27,31)/b26-13+/t18-,20+,21-,23-/m1/s1. The van der Waals surface area contributed by atoms with Crippen molar-refractivity contribution in [2.24, 2.45) is 5.16 Å². The van der Waals surface area contributed by atoms with Gasteiger partial charge in [-0.2, -0.15) is 5.48 Å². The molecule has 0 spiro atoms. The van der Waals surface area contributed by atoms with Crippen molar-refractivity contribution < 1.29 is 48.0 Å². The number of benzene rings is 1. The number of carbonyl (C=O) groups excluding carboxylic acids is 1. The normalized spacial score (nSPS) is 22.9. The summed E-state index contributed by atoms with van der Waals surface area (Å²) in [6, 6.07) is 2.98. The molecule has 0 unspecified atom stereocenters. The van der Waals surface area contributed by atoms with Gasteiger partial charge in [-0.05, 0) is 39.8 Å². The molecule has 1 aliphatic rings. The van der Waals surface area contributed by atoms with Gasteiger partial charge in [0.05, 0.1) is 16.7 Å². The van der Waals surface area contributed by atoms with Crippen molar-refractivity contribution in [1.82, 2.24) is 5.48 Å². The molecular weight excluding hydrogens is 504 g/mol. The Morgan fingerprint density at radius 1 is 1.32 bits per heavy atom. The Hall–Kier alpha value is -3.83. The third-order valence-corrected chi connectivity index (χ3v) is 5.91. The molecule has 1 aromatic carbocycles. The molecule has 206 valence electrons. The van der Waals surface area contributed by atoms with Gasteiger partial charge < -0.3 is 38.4 Å². The van der Waals surface area contributed by atoms with Gasteiger partial charge >= 0.3 is 11.7 Å². The molecule has 1 fully saturated rings. The second-order valence-electron chi connectivity index (χ2n) is 8.86. The lowest BCUT2D eigenvalue weighted by Gasteiger charge is -2.47. The zero-order chi connectivity index (χ0) is 28.2. The highest BCUT2D eigenvalue weighted by Gasteiger charge is 2.53. The first kappa shape index (κ1) is 28.7. The van der Waals surface area contributed by atoms with Crippen molar-refractivity contribution in [1.29, 1.82) is 0 Å².